The first kappa shape index (κ1) is 16.4. The van der Waals surface area contributed by atoms with E-state index < -0.39 is 0 Å². The molecule has 7 heteroatoms. The van der Waals surface area contributed by atoms with Crippen LogP contribution in [-0.2, 0) is 0 Å². The molecule has 0 saturated carbocycles. The fourth-order valence-electron chi connectivity index (χ4n) is 1.52. The number of rotatable bonds is 8. The Kier molecular flexibility index (Phi) is 6.44. The summed E-state index contributed by atoms with van der Waals surface area (Å²) < 4.78 is 0. The molecule has 0 fully saturated rings. The van der Waals surface area contributed by atoms with E-state index >= 15 is 0 Å². The molecule has 1 rings (SSSR count). The minimum absolute atomic E-state index is 0.328. The fourth-order valence-corrected chi connectivity index (χ4v) is 1.52. The van der Waals surface area contributed by atoms with Crippen molar-refractivity contribution in [1.29, 1.82) is 0 Å². The van der Waals surface area contributed by atoms with Gasteiger partial charge in [-0.3, -0.25) is 0 Å². The third-order valence-corrected chi connectivity index (χ3v) is 2.77. The normalized spacial score (nSPS) is 12.1. The first-order valence-electron chi connectivity index (χ1n) is 7.00. The van der Waals surface area contributed by atoms with Crippen LogP contribution in [0.1, 0.15) is 26.7 Å². The van der Waals surface area contributed by atoms with Crippen molar-refractivity contribution in [2.45, 2.75) is 32.8 Å². The van der Waals surface area contributed by atoms with Gasteiger partial charge in [0.05, 0.1) is 6.10 Å². The summed E-state index contributed by atoms with van der Waals surface area (Å²) in [7, 11) is 5.72. The molecule has 1 unspecified atom stereocenters. The van der Waals surface area contributed by atoms with Crippen molar-refractivity contribution in [3.05, 3.63) is 0 Å². The van der Waals surface area contributed by atoms with E-state index in [0.29, 0.717) is 30.8 Å². The molecule has 20 heavy (non-hydrogen) atoms. The Morgan fingerprint density at radius 1 is 1.15 bits per heavy atom. The standard InChI is InChI=1S/C13H26N6O/c1-6-8-14-11-15-12(18(3)4)17-13(16-11)19(5)9-7-10(2)20/h10,20H,6-9H2,1-5H3,(H,14,15,16,17). The molecule has 0 aliphatic carbocycles. The molecule has 0 bridgehead atoms. The highest BCUT2D eigenvalue weighted by Crippen LogP contribution is 2.14. The van der Waals surface area contributed by atoms with Gasteiger partial charge >= 0.3 is 0 Å². The van der Waals surface area contributed by atoms with Gasteiger partial charge in [0.25, 0.3) is 0 Å². The number of aliphatic hydroxyl groups is 1. The summed E-state index contributed by atoms with van der Waals surface area (Å²) in [5.74, 6) is 1.82. The summed E-state index contributed by atoms with van der Waals surface area (Å²) in [6.07, 6.45) is 1.36. The van der Waals surface area contributed by atoms with Crippen LogP contribution in [0.25, 0.3) is 0 Å². The Hall–Kier alpha value is -1.63. The van der Waals surface area contributed by atoms with Crippen LogP contribution in [0, 0.1) is 0 Å². The molecule has 0 aromatic carbocycles. The Labute approximate surface area is 121 Å². The number of anilines is 3. The molecule has 1 aromatic rings. The van der Waals surface area contributed by atoms with Crippen LogP contribution in [0.4, 0.5) is 17.8 Å². The fraction of sp³-hybridized carbons (Fsp3) is 0.769. The number of nitrogens with zero attached hydrogens (tertiary/aromatic N) is 5. The number of hydrogen-bond acceptors (Lipinski definition) is 7. The maximum atomic E-state index is 9.36. The van der Waals surface area contributed by atoms with Gasteiger partial charge in [0.2, 0.25) is 17.8 Å². The minimum Gasteiger partial charge on any atom is -0.393 e. The maximum absolute atomic E-state index is 9.36. The van der Waals surface area contributed by atoms with E-state index in [0.717, 1.165) is 13.0 Å². The summed E-state index contributed by atoms with van der Waals surface area (Å²) in [6.45, 7) is 5.40. The summed E-state index contributed by atoms with van der Waals surface area (Å²) in [6, 6.07) is 0. The Morgan fingerprint density at radius 3 is 2.35 bits per heavy atom. The third-order valence-electron chi connectivity index (χ3n) is 2.77. The highest BCUT2D eigenvalue weighted by atomic mass is 16.3. The molecule has 1 aromatic heterocycles. The van der Waals surface area contributed by atoms with Crippen molar-refractivity contribution in [2.24, 2.45) is 0 Å². The summed E-state index contributed by atoms with van der Waals surface area (Å²) >= 11 is 0. The van der Waals surface area contributed by atoms with E-state index in [1.165, 1.54) is 0 Å². The molecule has 0 spiro atoms. The summed E-state index contributed by atoms with van der Waals surface area (Å²) in [4.78, 5) is 17.0. The molecule has 0 aliphatic heterocycles. The zero-order chi connectivity index (χ0) is 15.1. The van der Waals surface area contributed by atoms with Crippen molar-refractivity contribution in [3.8, 4) is 0 Å². The average molecular weight is 282 g/mol. The SMILES string of the molecule is CCCNc1nc(N(C)C)nc(N(C)CCC(C)O)n1. The first-order valence-corrected chi connectivity index (χ1v) is 7.00. The number of nitrogens with one attached hydrogen (secondary N) is 1. The van der Waals surface area contributed by atoms with E-state index in [-0.39, 0.29) is 6.10 Å². The molecular formula is C13H26N6O. The topological polar surface area (TPSA) is 77.4 Å². The Morgan fingerprint density at radius 2 is 1.80 bits per heavy atom. The monoisotopic (exact) mass is 282 g/mol. The van der Waals surface area contributed by atoms with E-state index in [2.05, 4.69) is 27.2 Å². The Bertz CT molecular complexity index is 410. The molecule has 0 saturated heterocycles. The van der Waals surface area contributed by atoms with Crippen LogP contribution in [0.2, 0.25) is 0 Å². The second kappa shape index (κ2) is 7.84. The molecule has 2 N–H and O–H groups in total. The molecule has 0 amide bonds. The highest BCUT2D eigenvalue weighted by molar-refractivity contribution is 5.44. The van der Waals surface area contributed by atoms with E-state index in [1.807, 2.05) is 30.9 Å². The lowest BCUT2D eigenvalue weighted by molar-refractivity contribution is 0.186. The molecule has 7 nitrogen and oxygen atoms in total. The maximum Gasteiger partial charge on any atom is 0.231 e. The molecule has 114 valence electrons. The first-order chi connectivity index (χ1) is 9.43. The number of aromatic nitrogens is 3. The molecule has 0 radical (unpaired) electrons. The van der Waals surface area contributed by atoms with Crippen LogP contribution in [0.15, 0.2) is 0 Å². The van der Waals surface area contributed by atoms with E-state index in [4.69, 9.17) is 0 Å². The zero-order valence-electron chi connectivity index (χ0n) is 13.1. The predicted molar refractivity (Wildman–Crippen MR) is 82.5 cm³/mol. The van der Waals surface area contributed by atoms with Gasteiger partial charge < -0.3 is 20.2 Å². The highest BCUT2D eigenvalue weighted by Gasteiger charge is 2.12. The van der Waals surface area contributed by atoms with Crippen LogP contribution >= 0.6 is 0 Å². The van der Waals surface area contributed by atoms with Crippen molar-refractivity contribution in [3.63, 3.8) is 0 Å². The van der Waals surface area contributed by atoms with Crippen LogP contribution in [-0.4, -0.2) is 60.4 Å². The summed E-state index contributed by atoms with van der Waals surface area (Å²) in [5.41, 5.74) is 0. The van der Waals surface area contributed by atoms with Crippen molar-refractivity contribution in [2.75, 3.05) is 49.3 Å². The van der Waals surface area contributed by atoms with Gasteiger partial charge in [-0.2, -0.15) is 15.0 Å². The predicted octanol–water partition coefficient (Wildman–Crippen LogP) is 0.967. The third kappa shape index (κ3) is 5.16. The molecular weight excluding hydrogens is 256 g/mol. The van der Waals surface area contributed by atoms with Gasteiger partial charge in [0.15, 0.2) is 0 Å². The van der Waals surface area contributed by atoms with Gasteiger partial charge in [-0.15, -0.1) is 0 Å². The summed E-state index contributed by atoms with van der Waals surface area (Å²) in [5, 5.41) is 12.5. The largest absolute Gasteiger partial charge is 0.393 e. The lowest BCUT2D eigenvalue weighted by atomic mass is 10.3. The van der Waals surface area contributed by atoms with Gasteiger partial charge in [-0.05, 0) is 19.8 Å². The Balaban J connectivity index is 2.89. The minimum atomic E-state index is -0.328. The molecule has 0 aliphatic rings. The second-order valence-corrected chi connectivity index (χ2v) is 5.14. The molecule has 1 atom stereocenters. The van der Waals surface area contributed by atoms with Crippen molar-refractivity contribution >= 4 is 17.8 Å². The average Bonchev–Trinajstić information content (AvgIpc) is 2.41. The zero-order valence-corrected chi connectivity index (χ0v) is 13.1. The van der Waals surface area contributed by atoms with Gasteiger partial charge in [0, 0.05) is 34.2 Å². The smallest absolute Gasteiger partial charge is 0.231 e. The van der Waals surface area contributed by atoms with Gasteiger partial charge in [-0.25, -0.2) is 0 Å². The lowest BCUT2D eigenvalue weighted by Gasteiger charge is -2.20. The van der Waals surface area contributed by atoms with Crippen LogP contribution in [0.5, 0.6) is 0 Å². The van der Waals surface area contributed by atoms with Crippen LogP contribution < -0.4 is 15.1 Å². The second-order valence-electron chi connectivity index (χ2n) is 5.14. The van der Waals surface area contributed by atoms with Gasteiger partial charge in [0.1, 0.15) is 0 Å². The van der Waals surface area contributed by atoms with Crippen molar-refractivity contribution < 1.29 is 5.11 Å². The number of hydrogen-bond donors (Lipinski definition) is 2. The molecule has 1 heterocycles. The van der Waals surface area contributed by atoms with Crippen molar-refractivity contribution in [1.82, 2.24) is 15.0 Å². The van der Waals surface area contributed by atoms with Gasteiger partial charge in [-0.1, -0.05) is 6.92 Å². The van der Waals surface area contributed by atoms with E-state index in [1.54, 1.807) is 6.92 Å². The van der Waals surface area contributed by atoms with Crippen LogP contribution in [0.3, 0.4) is 0 Å². The number of aliphatic hydroxyl groups excluding tert-OH is 1. The quantitative estimate of drug-likeness (QED) is 0.735. The van der Waals surface area contributed by atoms with E-state index in [9.17, 15) is 5.11 Å². The lowest BCUT2D eigenvalue weighted by Crippen LogP contribution is -2.26.